The molecule has 1 aliphatic carbocycles. The first-order valence-electron chi connectivity index (χ1n) is 20.0. The predicted molar refractivity (Wildman–Crippen MR) is 240 cm³/mol. The van der Waals surface area contributed by atoms with Crippen LogP contribution < -0.4 is 0 Å². The Morgan fingerprint density at radius 2 is 0.729 bits per heavy atom. The van der Waals surface area contributed by atoms with Crippen molar-refractivity contribution in [1.82, 2.24) is 19.9 Å². The quantitative estimate of drug-likeness (QED) is 0.163. The Labute approximate surface area is 343 Å². The number of nitrogens with zero attached hydrogens (tertiary/aromatic N) is 4. The summed E-state index contributed by atoms with van der Waals surface area (Å²) in [6.45, 7) is 0. The van der Waals surface area contributed by atoms with Gasteiger partial charge in [-0.25, -0.2) is 15.0 Å². The van der Waals surface area contributed by atoms with Gasteiger partial charge in [0.05, 0.1) is 11.1 Å². The molecule has 0 saturated carbocycles. The van der Waals surface area contributed by atoms with Gasteiger partial charge in [-0.3, -0.25) is 4.98 Å². The molecular formula is C55H36N4. The Kier molecular flexibility index (Phi) is 8.34. The molecule has 0 N–H and O–H groups in total. The Hall–Kier alpha value is -7.82. The number of hydrogen-bond donors (Lipinski definition) is 0. The van der Waals surface area contributed by atoms with Gasteiger partial charge in [0.15, 0.2) is 17.5 Å². The van der Waals surface area contributed by atoms with Gasteiger partial charge in [0.1, 0.15) is 0 Å². The molecular weight excluding hydrogens is 717 g/mol. The van der Waals surface area contributed by atoms with Gasteiger partial charge in [0, 0.05) is 28.5 Å². The minimum Gasteiger partial charge on any atom is -0.256 e. The molecule has 0 unspecified atom stereocenters. The summed E-state index contributed by atoms with van der Waals surface area (Å²) < 4.78 is 0. The van der Waals surface area contributed by atoms with Crippen LogP contribution in [0.5, 0.6) is 0 Å². The zero-order valence-electron chi connectivity index (χ0n) is 32.1. The topological polar surface area (TPSA) is 51.6 Å². The van der Waals surface area contributed by atoms with Gasteiger partial charge in [-0.2, -0.15) is 0 Å². The second-order valence-electron chi connectivity index (χ2n) is 15.0. The van der Waals surface area contributed by atoms with E-state index in [0.717, 1.165) is 33.5 Å². The summed E-state index contributed by atoms with van der Waals surface area (Å²) in [4.78, 5) is 20.0. The summed E-state index contributed by atoms with van der Waals surface area (Å²) >= 11 is 0. The van der Waals surface area contributed by atoms with Crippen molar-refractivity contribution in [2.45, 2.75) is 5.41 Å². The van der Waals surface area contributed by atoms with Crippen molar-refractivity contribution in [1.29, 1.82) is 0 Å². The van der Waals surface area contributed by atoms with Crippen molar-refractivity contribution in [2.75, 3.05) is 0 Å². The molecule has 2 heterocycles. The van der Waals surface area contributed by atoms with E-state index in [9.17, 15) is 0 Å². The standard InChI is InChI=1S/C55H36N4/c1-5-17-37(18-6-1)52-57-53(38-19-7-2-8-20-38)59-54(58-52)40-29-31-47-46-30-28-39(43-32-33-48(51-27-15-16-34-56-51)45-26-14-13-25-44(43)45)35-49(46)55(50(47)36-40,41-21-9-3-10-22-41)42-23-11-4-12-24-42/h1-36H. The third-order valence-electron chi connectivity index (χ3n) is 11.7. The normalized spacial score (nSPS) is 12.5. The van der Waals surface area contributed by atoms with Crippen molar-refractivity contribution in [3.63, 3.8) is 0 Å². The molecule has 10 aromatic rings. The van der Waals surface area contributed by atoms with E-state index in [-0.39, 0.29) is 0 Å². The van der Waals surface area contributed by atoms with E-state index in [1.165, 1.54) is 49.7 Å². The number of benzene rings is 8. The molecule has 11 rings (SSSR count). The predicted octanol–water partition coefficient (Wildman–Crippen LogP) is 13.1. The highest BCUT2D eigenvalue weighted by molar-refractivity contribution is 6.05. The van der Waals surface area contributed by atoms with Gasteiger partial charge in [0.25, 0.3) is 0 Å². The van der Waals surface area contributed by atoms with Crippen LogP contribution in [0.2, 0.25) is 0 Å². The van der Waals surface area contributed by atoms with Crippen LogP contribution in [0, 0.1) is 0 Å². The molecule has 0 atom stereocenters. The van der Waals surface area contributed by atoms with E-state index in [1.807, 2.05) is 54.7 Å². The second kappa shape index (κ2) is 14.3. The molecule has 0 bridgehead atoms. The first-order chi connectivity index (χ1) is 29.3. The smallest absolute Gasteiger partial charge is 0.164 e. The molecule has 4 heteroatoms. The summed E-state index contributed by atoms with van der Waals surface area (Å²) in [6, 6.07) is 75.3. The van der Waals surface area contributed by atoms with E-state index in [0.29, 0.717) is 17.5 Å². The first kappa shape index (κ1) is 34.4. The fraction of sp³-hybridized carbons (Fsp3) is 0.0182. The summed E-state index contributed by atoms with van der Waals surface area (Å²) in [6.07, 6.45) is 1.86. The molecule has 0 aliphatic heterocycles. The molecule has 4 nitrogen and oxygen atoms in total. The van der Waals surface area contributed by atoms with E-state index < -0.39 is 5.41 Å². The van der Waals surface area contributed by atoms with Gasteiger partial charge >= 0.3 is 0 Å². The highest BCUT2D eigenvalue weighted by Crippen LogP contribution is 2.57. The van der Waals surface area contributed by atoms with Gasteiger partial charge in [-0.15, -0.1) is 0 Å². The SMILES string of the molecule is c1ccc(-c2nc(-c3ccccc3)nc(-c3ccc4c(c3)C(c3ccccc3)(c3ccccc3)c3cc(-c5ccc(-c6ccccn6)c6ccccc56)ccc3-4)n2)cc1. The highest BCUT2D eigenvalue weighted by atomic mass is 15.0. The van der Waals surface area contributed by atoms with Crippen molar-refractivity contribution in [3.05, 3.63) is 241 Å². The molecule has 8 aromatic carbocycles. The maximum atomic E-state index is 5.15. The van der Waals surface area contributed by atoms with Crippen molar-refractivity contribution >= 4 is 10.8 Å². The Balaban J connectivity index is 1.15. The first-order valence-corrected chi connectivity index (χ1v) is 20.0. The van der Waals surface area contributed by atoms with Crippen molar-refractivity contribution in [2.24, 2.45) is 0 Å². The summed E-state index contributed by atoms with van der Waals surface area (Å²) in [5, 5.41) is 2.37. The van der Waals surface area contributed by atoms with Gasteiger partial charge in [-0.05, 0) is 79.5 Å². The van der Waals surface area contributed by atoms with Crippen LogP contribution in [0.1, 0.15) is 22.3 Å². The summed E-state index contributed by atoms with van der Waals surface area (Å²) in [7, 11) is 0. The van der Waals surface area contributed by atoms with Gasteiger partial charge < -0.3 is 0 Å². The van der Waals surface area contributed by atoms with E-state index >= 15 is 0 Å². The van der Waals surface area contributed by atoms with Crippen molar-refractivity contribution in [3.8, 4) is 67.7 Å². The van der Waals surface area contributed by atoms with Gasteiger partial charge in [-0.1, -0.05) is 188 Å². The average Bonchev–Trinajstić information content (AvgIpc) is 3.62. The number of pyridine rings is 1. The van der Waals surface area contributed by atoms with Crippen LogP contribution in [0.3, 0.4) is 0 Å². The molecule has 0 amide bonds. The van der Waals surface area contributed by atoms with Crippen LogP contribution in [-0.2, 0) is 5.41 Å². The third-order valence-corrected chi connectivity index (χ3v) is 11.7. The molecule has 59 heavy (non-hydrogen) atoms. The molecule has 0 fully saturated rings. The van der Waals surface area contributed by atoms with Crippen LogP contribution in [0.15, 0.2) is 219 Å². The zero-order valence-corrected chi connectivity index (χ0v) is 32.1. The van der Waals surface area contributed by atoms with E-state index in [1.54, 1.807) is 0 Å². The van der Waals surface area contributed by atoms with Crippen LogP contribution in [0.25, 0.3) is 78.4 Å². The summed E-state index contributed by atoms with van der Waals surface area (Å²) in [5.74, 6) is 1.91. The minimum absolute atomic E-state index is 0.631. The summed E-state index contributed by atoms with van der Waals surface area (Å²) in [5.41, 5.74) is 13.8. The van der Waals surface area contributed by atoms with Crippen molar-refractivity contribution < 1.29 is 0 Å². The largest absolute Gasteiger partial charge is 0.256 e. The van der Waals surface area contributed by atoms with E-state index in [4.69, 9.17) is 19.9 Å². The highest BCUT2D eigenvalue weighted by Gasteiger charge is 2.46. The fourth-order valence-corrected chi connectivity index (χ4v) is 9.03. The lowest BCUT2D eigenvalue weighted by Crippen LogP contribution is -2.28. The molecule has 1 aliphatic rings. The molecule has 2 aromatic heterocycles. The molecule has 0 spiro atoms. The lowest BCUT2D eigenvalue weighted by atomic mass is 9.67. The minimum atomic E-state index is -0.638. The number of fused-ring (bicyclic) bond motifs is 4. The third kappa shape index (κ3) is 5.76. The van der Waals surface area contributed by atoms with E-state index in [2.05, 4.69) is 164 Å². The van der Waals surface area contributed by atoms with Crippen LogP contribution in [0.4, 0.5) is 0 Å². The average molecular weight is 753 g/mol. The van der Waals surface area contributed by atoms with Crippen LogP contribution >= 0.6 is 0 Å². The number of aromatic nitrogens is 4. The Bertz CT molecular complexity index is 3030. The number of hydrogen-bond acceptors (Lipinski definition) is 4. The second-order valence-corrected chi connectivity index (χ2v) is 15.0. The molecule has 276 valence electrons. The molecule has 0 radical (unpaired) electrons. The maximum Gasteiger partial charge on any atom is 0.164 e. The lowest BCUT2D eigenvalue weighted by molar-refractivity contribution is 0.769. The maximum absolute atomic E-state index is 5.15. The zero-order chi connectivity index (χ0) is 39.2. The van der Waals surface area contributed by atoms with Crippen LogP contribution in [-0.4, -0.2) is 19.9 Å². The lowest BCUT2D eigenvalue weighted by Gasteiger charge is -2.34. The Morgan fingerprint density at radius 3 is 1.27 bits per heavy atom. The Morgan fingerprint density at radius 1 is 0.305 bits per heavy atom. The number of rotatable bonds is 7. The molecule has 0 saturated heterocycles. The monoisotopic (exact) mass is 752 g/mol. The van der Waals surface area contributed by atoms with Gasteiger partial charge in [0.2, 0.25) is 0 Å². The fourth-order valence-electron chi connectivity index (χ4n) is 9.03.